The van der Waals surface area contributed by atoms with Gasteiger partial charge in [0.05, 0.1) is 18.6 Å². The average Bonchev–Trinajstić information content (AvgIpc) is 3.23. The van der Waals surface area contributed by atoms with E-state index in [0.717, 1.165) is 0 Å². The van der Waals surface area contributed by atoms with Crippen molar-refractivity contribution in [2.45, 2.75) is 19.0 Å². The number of rotatable bonds is 8. The minimum Gasteiger partial charge on any atom is -0.461 e. The molecule has 2 aromatic rings. The van der Waals surface area contributed by atoms with Crippen LogP contribution in [0.15, 0.2) is 28.0 Å². The molecule has 0 saturated heterocycles. The monoisotopic (exact) mass is 365 g/mol. The first-order valence-corrected chi connectivity index (χ1v) is 9.04. The number of nitrogens with zero attached hydrogens (tertiary/aromatic N) is 5. The smallest absolute Gasteiger partial charge is 0.242 e. The van der Waals surface area contributed by atoms with E-state index in [-0.39, 0.29) is 24.1 Å². The van der Waals surface area contributed by atoms with E-state index < -0.39 is 0 Å². The molecule has 0 N–H and O–H groups in total. The number of aromatic nitrogens is 3. The molecule has 0 aromatic carbocycles. The van der Waals surface area contributed by atoms with Gasteiger partial charge in [-0.25, -0.2) is 0 Å². The molecule has 0 radical (unpaired) electrons. The lowest BCUT2D eigenvalue weighted by molar-refractivity contribution is -0.137. The van der Waals surface area contributed by atoms with Crippen molar-refractivity contribution in [3.05, 3.63) is 18.4 Å². The van der Waals surface area contributed by atoms with Crippen LogP contribution in [0.25, 0.3) is 11.6 Å². The number of amides is 2. The van der Waals surface area contributed by atoms with Gasteiger partial charge in [0.2, 0.25) is 11.8 Å². The normalized spacial score (nSPS) is 10.7. The number of furan rings is 1. The molecular formula is C16H23N5O3S. The maximum atomic E-state index is 12.3. The summed E-state index contributed by atoms with van der Waals surface area (Å²) in [5, 5.41) is 8.79. The summed E-state index contributed by atoms with van der Waals surface area (Å²) in [6.07, 6.45) is 1.57. The maximum absolute atomic E-state index is 12.3. The molecule has 9 heteroatoms. The third-order valence-electron chi connectivity index (χ3n) is 3.82. The van der Waals surface area contributed by atoms with Gasteiger partial charge in [-0.1, -0.05) is 11.8 Å². The van der Waals surface area contributed by atoms with Crippen molar-refractivity contribution in [2.24, 2.45) is 7.05 Å². The van der Waals surface area contributed by atoms with Crippen molar-refractivity contribution in [1.29, 1.82) is 0 Å². The van der Waals surface area contributed by atoms with Crippen LogP contribution in [0, 0.1) is 0 Å². The zero-order valence-corrected chi connectivity index (χ0v) is 15.7. The van der Waals surface area contributed by atoms with Crippen molar-refractivity contribution in [2.75, 3.05) is 32.4 Å². The summed E-state index contributed by atoms with van der Waals surface area (Å²) in [7, 11) is 3.45. The fraction of sp³-hybridized carbons (Fsp3) is 0.500. The van der Waals surface area contributed by atoms with Gasteiger partial charge in [-0.3, -0.25) is 9.59 Å². The summed E-state index contributed by atoms with van der Waals surface area (Å²) >= 11 is 1.28. The minimum atomic E-state index is -0.131. The van der Waals surface area contributed by atoms with Crippen molar-refractivity contribution >= 4 is 23.6 Å². The SMILES string of the molecule is CCN(CC)C(=O)CN(C)C(=O)CSc1nnc(-c2ccco2)n1C. The van der Waals surface area contributed by atoms with E-state index in [2.05, 4.69) is 10.2 Å². The molecule has 0 bridgehead atoms. The Hall–Kier alpha value is -2.29. The lowest BCUT2D eigenvalue weighted by Crippen LogP contribution is -2.41. The Balaban J connectivity index is 1.91. The van der Waals surface area contributed by atoms with Gasteiger partial charge in [-0.15, -0.1) is 10.2 Å². The van der Waals surface area contributed by atoms with Gasteiger partial charge < -0.3 is 18.8 Å². The van der Waals surface area contributed by atoms with Crippen molar-refractivity contribution < 1.29 is 14.0 Å². The largest absolute Gasteiger partial charge is 0.461 e. The Morgan fingerprint density at radius 3 is 2.56 bits per heavy atom. The van der Waals surface area contributed by atoms with E-state index in [0.29, 0.717) is 29.8 Å². The molecule has 2 rings (SSSR count). The number of carbonyl (C=O) groups excluding carboxylic acids is 2. The van der Waals surface area contributed by atoms with Gasteiger partial charge in [0.1, 0.15) is 0 Å². The molecule has 2 heterocycles. The van der Waals surface area contributed by atoms with E-state index in [4.69, 9.17) is 4.42 Å². The summed E-state index contributed by atoms with van der Waals surface area (Å²) in [4.78, 5) is 27.5. The molecule has 8 nitrogen and oxygen atoms in total. The molecule has 2 amide bonds. The number of hydrogen-bond acceptors (Lipinski definition) is 6. The number of carbonyl (C=O) groups is 2. The van der Waals surface area contributed by atoms with Gasteiger partial charge in [0, 0.05) is 27.2 Å². The molecule has 0 fully saturated rings. The third-order valence-corrected chi connectivity index (χ3v) is 4.82. The van der Waals surface area contributed by atoms with Crippen LogP contribution in [-0.2, 0) is 16.6 Å². The van der Waals surface area contributed by atoms with Gasteiger partial charge in [-0.05, 0) is 26.0 Å². The molecule has 0 aliphatic carbocycles. The van der Waals surface area contributed by atoms with E-state index >= 15 is 0 Å². The van der Waals surface area contributed by atoms with Crippen LogP contribution >= 0.6 is 11.8 Å². The van der Waals surface area contributed by atoms with Crippen LogP contribution < -0.4 is 0 Å². The van der Waals surface area contributed by atoms with Crippen LogP contribution in [0.4, 0.5) is 0 Å². The van der Waals surface area contributed by atoms with E-state index in [1.807, 2.05) is 20.9 Å². The first-order chi connectivity index (χ1) is 12.0. The van der Waals surface area contributed by atoms with E-state index in [1.165, 1.54) is 16.7 Å². The number of hydrogen-bond donors (Lipinski definition) is 0. The predicted octanol–water partition coefficient (Wildman–Crippen LogP) is 1.49. The molecule has 0 aliphatic rings. The van der Waals surface area contributed by atoms with Gasteiger partial charge in [0.15, 0.2) is 16.7 Å². The summed E-state index contributed by atoms with van der Waals surface area (Å²) < 4.78 is 7.09. The Bertz CT molecular complexity index is 709. The molecular weight excluding hydrogens is 342 g/mol. The highest BCUT2D eigenvalue weighted by Gasteiger charge is 2.19. The van der Waals surface area contributed by atoms with Crippen LogP contribution in [0.3, 0.4) is 0 Å². The summed E-state index contributed by atoms with van der Waals surface area (Å²) in [5.74, 6) is 1.23. The molecule has 0 atom stereocenters. The zero-order chi connectivity index (χ0) is 18.4. The maximum Gasteiger partial charge on any atom is 0.242 e. The van der Waals surface area contributed by atoms with Crippen molar-refractivity contribution in [3.8, 4) is 11.6 Å². The molecule has 0 spiro atoms. The third kappa shape index (κ3) is 4.62. The second-order valence-corrected chi connectivity index (χ2v) is 6.39. The molecule has 2 aromatic heterocycles. The quantitative estimate of drug-likeness (QED) is 0.659. The highest BCUT2D eigenvalue weighted by molar-refractivity contribution is 7.99. The Morgan fingerprint density at radius 1 is 1.24 bits per heavy atom. The standard InChI is InChI=1S/C16H23N5O3S/c1-5-21(6-2)13(22)10-19(3)14(23)11-25-16-18-17-15(20(16)4)12-8-7-9-24-12/h7-9H,5-6,10-11H2,1-4H3. The van der Waals surface area contributed by atoms with Crippen LogP contribution in [0.5, 0.6) is 0 Å². The summed E-state index contributed by atoms with van der Waals surface area (Å²) in [6.45, 7) is 5.20. The highest BCUT2D eigenvalue weighted by atomic mass is 32.2. The minimum absolute atomic E-state index is 0.0513. The molecule has 136 valence electrons. The van der Waals surface area contributed by atoms with Gasteiger partial charge >= 0.3 is 0 Å². The predicted molar refractivity (Wildman–Crippen MR) is 95.0 cm³/mol. The Morgan fingerprint density at radius 2 is 1.96 bits per heavy atom. The number of thioether (sulfide) groups is 1. The highest BCUT2D eigenvalue weighted by Crippen LogP contribution is 2.22. The van der Waals surface area contributed by atoms with Crippen LogP contribution in [0.2, 0.25) is 0 Å². The first-order valence-electron chi connectivity index (χ1n) is 8.05. The molecule has 25 heavy (non-hydrogen) atoms. The van der Waals surface area contributed by atoms with E-state index in [1.54, 1.807) is 34.9 Å². The Kier molecular flexibility index (Phi) is 6.63. The fourth-order valence-electron chi connectivity index (χ4n) is 2.26. The van der Waals surface area contributed by atoms with E-state index in [9.17, 15) is 9.59 Å². The van der Waals surface area contributed by atoms with Crippen LogP contribution in [0.1, 0.15) is 13.8 Å². The molecule has 0 aliphatic heterocycles. The molecule has 0 unspecified atom stereocenters. The fourth-order valence-corrected chi connectivity index (χ4v) is 3.12. The number of likely N-dealkylation sites (N-methyl/N-ethyl adjacent to an activating group) is 2. The second kappa shape index (κ2) is 8.70. The van der Waals surface area contributed by atoms with Crippen molar-refractivity contribution in [3.63, 3.8) is 0 Å². The average molecular weight is 365 g/mol. The van der Waals surface area contributed by atoms with Crippen molar-refractivity contribution in [1.82, 2.24) is 24.6 Å². The topological polar surface area (TPSA) is 84.5 Å². The Labute approximate surface area is 151 Å². The van der Waals surface area contributed by atoms with Gasteiger partial charge in [0.25, 0.3) is 0 Å². The summed E-state index contributed by atoms with van der Waals surface area (Å²) in [5.41, 5.74) is 0. The lowest BCUT2D eigenvalue weighted by Gasteiger charge is -2.23. The first kappa shape index (κ1) is 19.0. The van der Waals surface area contributed by atoms with Gasteiger partial charge in [-0.2, -0.15) is 0 Å². The lowest BCUT2D eigenvalue weighted by atomic mass is 10.4. The summed E-state index contributed by atoms with van der Waals surface area (Å²) in [6, 6.07) is 3.58. The molecule has 0 saturated carbocycles. The zero-order valence-electron chi connectivity index (χ0n) is 14.9. The van der Waals surface area contributed by atoms with Crippen LogP contribution in [-0.4, -0.2) is 68.8 Å². The second-order valence-electron chi connectivity index (χ2n) is 5.45.